The summed E-state index contributed by atoms with van der Waals surface area (Å²) in [5.41, 5.74) is 8.13. The van der Waals surface area contributed by atoms with Crippen LogP contribution >= 0.6 is 11.3 Å². The molecular formula is C17H23N3O2S2. The van der Waals surface area contributed by atoms with Gasteiger partial charge in [0.1, 0.15) is 4.21 Å². The lowest BCUT2D eigenvalue weighted by Crippen LogP contribution is -2.28. The molecule has 0 radical (unpaired) electrons. The van der Waals surface area contributed by atoms with Gasteiger partial charge in [0, 0.05) is 16.6 Å². The lowest BCUT2D eigenvalue weighted by atomic mass is 10.0. The van der Waals surface area contributed by atoms with Crippen LogP contribution in [0.5, 0.6) is 0 Å². The Labute approximate surface area is 147 Å². The van der Waals surface area contributed by atoms with E-state index in [-0.39, 0.29) is 6.04 Å². The summed E-state index contributed by atoms with van der Waals surface area (Å²) in [7, 11) is -3.55. The number of rotatable bonds is 5. The monoisotopic (exact) mass is 365 g/mol. The van der Waals surface area contributed by atoms with Gasteiger partial charge in [-0.2, -0.15) is 0 Å². The molecule has 130 valence electrons. The van der Waals surface area contributed by atoms with E-state index in [1.54, 1.807) is 6.07 Å². The third kappa shape index (κ3) is 3.80. The predicted octanol–water partition coefficient (Wildman–Crippen LogP) is 3.60. The fraction of sp³-hybridized carbons (Fsp3) is 0.412. The summed E-state index contributed by atoms with van der Waals surface area (Å²) >= 11 is 1.31. The van der Waals surface area contributed by atoms with Gasteiger partial charge in [-0.25, -0.2) is 13.8 Å². The normalized spacial score (nSPS) is 21.3. The van der Waals surface area contributed by atoms with Crippen molar-refractivity contribution in [1.29, 1.82) is 0 Å². The molecule has 5 nitrogen and oxygen atoms in total. The van der Waals surface area contributed by atoms with Crippen LogP contribution < -0.4 is 15.6 Å². The predicted molar refractivity (Wildman–Crippen MR) is 98.7 cm³/mol. The van der Waals surface area contributed by atoms with E-state index in [0.717, 1.165) is 11.3 Å². The Hall–Kier alpha value is -1.41. The van der Waals surface area contributed by atoms with E-state index < -0.39 is 10.0 Å². The minimum Gasteiger partial charge on any atom is -0.279 e. The highest BCUT2D eigenvalue weighted by Crippen LogP contribution is 2.31. The highest BCUT2D eigenvalue weighted by Gasteiger charge is 2.25. The molecule has 0 spiro atoms. The number of benzene rings is 1. The zero-order valence-corrected chi connectivity index (χ0v) is 15.7. The first-order valence-corrected chi connectivity index (χ1v) is 10.4. The van der Waals surface area contributed by atoms with Gasteiger partial charge >= 0.3 is 0 Å². The molecule has 0 bridgehead atoms. The van der Waals surface area contributed by atoms with E-state index in [2.05, 4.69) is 36.3 Å². The van der Waals surface area contributed by atoms with Gasteiger partial charge in [-0.1, -0.05) is 26.0 Å². The SMILES string of the molecule is CC1CC(c2ccc(S(=O)(=O)Nc3ccc(C(C)C)cc3)s2)NN1. The lowest BCUT2D eigenvalue weighted by Gasteiger charge is -2.09. The van der Waals surface area contributed by atoms with Crippen LogP contribution in [0, 0.1) is 0 Å². The molecule has 2 heterocycles. The smallest absolute Gasteiger partial charge is 0.271 e. The maximum absolute atomic E-state index is 12.6. The Morgan fingerprint density at radius 3 is 2.42 bits per heavy atom. The summed E-state index contributed by atoms with van der Waals surface area (Å²) < 4.78 is 28.2. The van der Waals surface area contributed by atoms with Crippen LogP contribution in [0.25, 0.3) is 0 Å². The van der Waals surface area contributed by atoms with E-state index in [1.807, 2.05) is 30.3 Å². The van der Waals surface area contributed by atoms with Gasteiger partial charge in [0.2, 0.25) is 0 Å². The number of nitrogens with one attached hydrogen (secondary N) is 3. The molecule has 1 saturated heterocycles. The molecule has 3 N–H and O–H groups in total. The third-order valence-electron chi connectivity index (χ3n) is 4.13. The summed E-state index contributed by atoms with van der Waals surface area (Å²) in [5, 5.41) is 0. The number of hydrazine groups is 1. The topological polar surface area (TPSA) is 70.2 Å². The quantitative estimate of drug-likeness (QED) is 0.757. The van der Waals surface area contributed by atoms with Crippen LogP contribution in [-0.4, -0.2) is 14.5 Å². The number of sulfonamides is 1. The summed E-state index contributed by atoms with van der Waals surface area (Å²) in [6.45, 7) is 6.32. The van der Waals surface area contributed by atoms with E-state index in [1.165, 1.54) is 16.9 Å². The second-order valence-electron chi connectivity index (χ2n) is 6.52. The minimum atomic E-state index is -3.55. The first kappa shape index (κ1) is 17.4. The molecule has 1 aromatic carbocycles. The van der Waals surface area contributed by atoms with Gasteiger partial charge in [0.15, 0.2) is 0 Å². The molecule has 2 unspecified atom stereocenters. The molecule has 2 aromatic rings. The van der Waals surface area contributed by atoms with Crippen LogP contribution in [-0.2, 0) is 10.0 Å². The van der Waals surface area contributed by atoms with Crippen LogP contribution in [0.2, 0.25) is 0 Å². The molecule has 24 heavy (non-hydrogen) atoms. The first-order valence-electron chi connectivity index (χ1n) is 8.09. The summed E-state index contributed by atoms with van der Waals surface area (Å²) in [4.78, 5) is 1.03. The summed E-state index contributed by atoms with van der Waals surface area (Å²) in [6, 6.07) is 11.6. The van der Waals surface area contributed by atoms with E-state index in [9.17, 15) is 8.42 Å². The van der Waals surface area contributed by atoms with Crippen molar-refractivity contribution in [2.45, 2.75) is 49.4 Å². The molecule has 3 rings (SSSR count). The van der Waals surface area contributed by atoms with Crippen molar-refractivity contribution >= 4 is 27.0 Å². The molecule has 7 heteroatoms. The third-order valence-corrected chi connectivity index (χ3v) is 7.21. The minimum absolute atomic E-state index is 0.166. The molecule has 1 aliphatic heterocycles. The van der Waals surface area contributed by atoms with Gasteiger partial charge in [0.25, 0.3) is 10.0 Å². The Bertz CT molecular complexity index is 797. The zero-order chi connectivity index (χ0) is 17.3. The Morgan fingerprint density at radius 2 is 1.83 bits per heavy atom. The Balaban J connectivity index is 1.74. The maximum atomic E-state index is 12.6. The van der Waals surface area contributed by atoms with Crippen LogP contribution in [0.3, 0.4) is 0 Å². The largest absolute Gasteiger partial charge is 0.279 e. The van der Waals surface area contributed by atoms with Crippen molar-refractivity contribution < 1.29 is 8.42 Å². The van der Waals surface area contributed by atoms with Crippen molar-refractivity contribution in [2.24, 2.45) is 0 Å². The zero-order valence-electron chi connectivity index (χ0n) is 14.0. The number of anilines is 1. The van der Waals surface area contributed by atoms with Crippen molar-refractivity contribution in [3.05, 3.63) is 46.8 Å². The van der Waals surface area contributed by atoms with Gasteiger partial charge in [-0.3, -0.25) is 10.1 Å². The van der Waals surface area contributed by atoms with Crippen molar-refractivity contribution in [2.75, 3.05) is 4.72 Å². The summed E-state index contributed by atoms with van der Waals surface area (Å²) in [5.74, 6) is 0.422. The molecule has 1 aliphatic rings. The van der Waals surface area contributed by atoms with Crippen LogP contribution in [0.1, 0.15) is 49.6 Å². The highest BCUT2D eigenvalue weighted by molar-refractivity contribution is 7.94. The molecule has 0 amide bonds. The number of thiophene rings is 1. The van der Waals surface area contributed by atoms with E-state index in [4.69, 9.17) is 0 Å². The molecule has 1 fully saturated rings. The second-order valence-corrected chi connectivity index (χ2v) is 9.54. The fourth-order valence-electron chi connectivity index (χ4n) is 2.71. The Morgan fingerprint density at radius 1 is 1.12 bits per heavy atom. The fourth-order valence-corrected chi connectivity index (χ4v) is 5.16. The van der Waals surface area contributed by atoms with Crippen LogP contribution in [0.15, 0.2) is 40.6 Å². The number of hydrogen-bond acceptors (Lipinski definition) is 5. The van der Waals surface area contributed by atoms with Gasteiger partial charge < -0.3 is 0 Å². The van der Waals surface area contributed by atoms with Crippen molar-refractivity contribution in [1.82, 2.24) is 10.9 Å². The molecular weight excluding hydrogens is 342 g/mol. The van der Waals surface area contributed by atoms with Gasteiger partial charge in [-0.05, 0) is 49.1 Å². The van der Waals surface area contributed by atoms with E-state index in [0.29, 0.717) is 21.9 Å². The van der Waals surface area contributed by atoms with Gasteiger partial charge in [-0.15, -0.1) is 11.3 Å². The Kier molecular flexibility index (Phi) is 4.96. The van der Waals surface area contributed by atoms with E-state index >= 15 is 0 Å². The van der Waals surface area contributed by atoms with Crippen molar-refractivity contribution in [3.63, 3.8) is 0 Å². The number of hydrogen-bond donors (Lipinski definition) is 3. The molecule has 1 aromatic heterocycles. The van der Waals surface area contributed by atoms with Crippen LogP contribution in [0.4, 0.5) is 5.69 Å². The van der Waals surface area contributed by atoms with Crippen molar-refractivity contribution in [3.8, 4) is 0 Å². The highest BCUT2D eigenvalue weighted by atomic mass is 32.2. The molecule has 0 aliphatic carbocycles. The second kappa shape index (κ2) is 6.84. The van der Waals surface area contributed by atoms with Gasteiger partial charge in [0.05, 0.1) is 6.04 Å². The standard InChI is InChI=1S/C17H23N3O2S2/c1-11(2)13-4-6-14(7-5-13)20-24(21,22)17-9-8-16(23-17)15-10-12(3)18-19-15/h4-9,11-12,15,18-20H,10H2,1-3H3. The lowest BCUT2D eigenvalue weighted by molar-refractivity contribution is 0.564. The summed E-state index contributed by atoms with van der Waals surface area (Å²) in [6.07, 6.45) is 0.949. The average Bonchev–Trinajstić information content (AvgIpc) is 3.16. The molecule has 2 atom stereocenters. The molecule has 0 saturated carbocycles. The average molecular weight is 366 g/mol. The first-order chi connectivity index (χ1) is 11.3. The maximum Gasteiger partial charge on any atom is 0.271 e.